The number of benzene rings is 2. The average molecular weight is 451 g/mol. The van der Waals surface area contributed by atoms with Crippen molar-refractivity contribution < 1.29 is 13.2 Å². The van der Waals surface area contributed by atoms with Crippen molar-refractivity contribution in [2.45, 2.75) is 51.0 Å². The molecule has 0 bridgehead atoms. The van der Waals surface area contributed by atoms with Gasteiger partial charge < -0.3 is 4.90 Å². The van der Waals surface area contributed by atoms with Gasteiger partial charge in [-0.05, 0) is 54.7 Å². The topological polar surface area (TPSA) is 66.5 Å². The molecule has 2 aromatic carbocycles. The Morgan fingerprint density at radius 3 is 2.41 bits per heavy atom. The lowest BCUT2D eigenvalue weighted by molar-refractivity contribution is -0.116. The summed E-state index contributed by atoms with van der Waals surface area (Å²) in [5.41, 5.74) is 2.96. The largest absolute Gasteiger partial charge is 0.308 e. The van der Waals surface area contributed by atoms with E-state index < -0.39 is 10.0 Å². The molecule has 0 aromatic heterocycles. The van der Waals surface area contributed by atoms with Gasteiger partial charge in [-0.3, -0.25) is 9.52 Å². The van der Waals surface area contributed by atoms with Gasteiger partial charge in [-0.25, -0.2) is 8.42 Å². The highest BCUT2D eigenvalue weighted by Gasteiger charge is 2.35. The molecule has 5 nitrogen and oxygen atoms in total. The smallest absolute Gasteiger partial charge is 0.264 e. The molecule has 1 N–H and O–H groups in total. The Morgan fingerprint density at radius 2 is 1.85 bits per heavy atom. The highest BCUT2D eigenvalue weighted by atomic mass is 79.9. The molecule has 0 radical (unpaired) electrons. The van der Waals surface area contributed by atoms with E-state index in [1.54, 1.807) is 23.1 Å². The van der Waals surface area contributed by atoms with Crippen molar-refractivity contribution >= 4 is 43.2 Å². The number of nitrogens with zero attached hydrogens (tertiary/aromatic N) is 1. The highest BCUT2D eigenvalue weighted by molar-refractivity contribution is 9.10. The third-order valence-corrected chi connectivity index (χ3v) is 6.63. The minimum Gasteiger partial charge on any atom is -0.308 e. The summed E-state index contributed by atoms with van der Waals surface area (Å²) in [6.07, 6.45) is 0.625. The number of halogens is 1. The Hall–Kier alpha value is -1.86. The molecule has 0 saturated heterocycles. The summed E-state index contributed by atoms with van der Waals surface area (Å²) >= 11 is 3.40. The second kappa shape index (κ2) is 7.28. The molecule has 3 rings (SSSR count). The summed E-state index contributed by atoms with van der Waals surface area (Å²) in [4.78, 5) is 13.8. The van der Waals surface area contributed by atoms with E-state index in [-0.39, 0.29) is 16.8 Å². The van der Waals surface area contributed by atoms with Gasteiger partial charge >= 0.3 is 0 Å². The van der Waals surface area contributed by atoms with Crippen LogP contribution in [-0.2, 0) is 21.2 Å². The standard InChI is InChI=1S/C20H23BrN2O3S/c1-12(2)15-5-7-18(8-6-15)22-27(25,26)19-11-17(21)10-16-9-13(3)23(14(4)24)20(16)19/h5-8,10-13,22H,9H2,1-4H3. The molecule has 0 aliphatic carbocycles. The molecule has 2 aromatic rings. The van der Waals surface area contributed by atoms with Crippen LogP contribution in [0.4, 0.5) is 11.4 Å². The Bertz CT molecular complexity index is 985. The summed E-state index contributed by atoms with van der Waals surface area (Å²) in [5.74, 6) is 0.205. The van der Waals surface area contributed by atoms with E-state index in [0.29, 0.717) is 28.2 Å². The third kappa shape index (κ3) is 3.89. The molecule has 1 aliphatic heterocycles. The molecule has 27 heavy (non-hydrogen) atoms. The summed E-state index contributed by atoms with van der Waals surface area (Å²) in [5, 5.41) is 0. The number of rotatable bonds is 4. The van der Waals surface area contributed by atoms with Crippen molar-refractivity contribution in [3.05, 3.63) is 52.0 Å². The fraction of sp³-hybridized carbons (Fsp3) is 0.350. The number of hydrogen-bond donors (Lipinski definition) is 1. The second-order valence-corrected chi connectivity index (χ2v) is 9.80. The van der Waals surface area contributed by atoms with Crippen LogP contribution in [0.3, 0.4) is 0 Å². The zero-order chi connectivity index (χ0) is 19.9. The van der Waals surface area contributed by atoms with E-state index in [0.717, 1.165) is 11.1 Å². The van der Waals surface area contributed by atoms with E-state index in [2.05, 4.69) is 34.5 Å². The Morgan fingerprint density at radius 1 is 1.22 bits per heavy atom. The van der Waals surface area contributed by atoms with Gasteiger partial charge in [0.05, 0.1) is 5.69 Å². The first kappa shape index (κ1) is 19.9. The maximum atomic E-state index is 13.1. The van der Waals surface area contributed by atoms with Gasteiger partial charge in [-0.2, -0.15) is 0 Å². The van der Waals surface area contributed by atoms with Crippen molar-refractivity contribution in [2.24, 2.45) is 0 Å². The molecule has 1 amide bonds. The number of carbonyl (C=O) groups excluding carboxylic acids is 1. The van der Waals surface area contributed by atoms with E-state index in [4.69, 9.17) is 0 Å². The van der Waals surface area contributed by atoms with Crippen LogP contribution < -0.4 is 9.62 Å². The SMILES string of the molecule is CC(=O)N1c2c(cc(Br)cc2S(=O)(=O)Nc2ccc(C(C)C)cc2)CC1C. The normalized spacial score (nSPS) is 16.5. The first-order chi connectivity index (χ1) is 12.6. The Labute approximate surface area is 169 Å². The number of fused-ring (bicyclic) bond motifs is 1. The predicted molar refractivity (Wildman–Crippen MR) is 112 cm³/mol. The van der Waals surface area contributed by atoms with Crippen molar-refractivity contribution in [2.75, 3.05) is 9.62 Å². The van der Waals surface area contributed by atoms with Crippen LogP contribution in [0.5, 0.6) is 0 Å². The molecule has 7 heteroatoms. The number of anilines is 2. The second-order valence-electron chi connectivity index (χ2n) is 7.24. The van der Waals surface area contributed by atoms with Crippen molar-refractivity contribution in [3.8, 4) is 0 Å². The minimum absolute atomic E-state index is 0.0777. The van der Waals surface area contributed by atoms with Crippen LogP contribution in [0.15, 0.2) is 45.8 Å². The fourth-order valence-electron chi connectivity index (χ4n) is 3.51. The quantitative estimate of drug-likeness (QED) is 0.735. The fourth-order valence-corrected chi connectivity index (χ4v) is 5.49. The molecule has 0 fully saturated rings. The van der Waals surface area contributed by atoms with Crippen molar-refractivity contribution in [1.82, 2.24) is 0 Å². The van der Waals surface area contributed by atoms with Gasteiger partial charge in [0, 0.05) is 23.1 Å². The summed E-state index contributed by atoms with van der Waals surface area (Å²) in [7, 11) is -3.86. The van der Waals surface area contributed by atoms with E-state index in [1.165, 1.54) is 6.92 Å². The van der Waals surface area contributed by atoms with Gasteiger partial charge in [0.15, 0.2) is 0 Å². The molecule has 0 spiro atoms. The molecule has 1 atom stereocenters. The molecule has 1 unspecified atom stereocenters. The van der Waals surface area contributed by atoms with Gasteiger partial charge in [-0.1, -0.05) is 41.9 Å². The minimum atomic E-state index is -3.86. The molecular weight excluding hydrogens is 428 g/mol. The summed E-state index contributed by atoms with van der Waals surface area (Å²) in [6.45, 7) is 7.55. The van der Waals surface area contributed by atoms with E-state index in [9.17, 15) is 13.2 Å². The van der Waals surface area contributed by atoms with Gasteiger partial charge in [0.25, 0.3) is 10.0 Å². The van der Waals surface area contributed by atoms with Crippen LogP contribution in [0, 0.1) is 0 Å². The lowest BCUT2D eigenvalue weighted by Crippen LogP contribution is -2.34. The lowest BCUT2D eigenvalue weighted by atomic mass is 10.0. The molecule has 0 saturated carbocycles. The van der Waals surface area contributed by atoms with E-state index in [1.807, 2.05) is 25.1 Å². The lowest BCUT2D eigenvalue weighted by Gasteiger charge is -2.23. The van der Waals surface area contributed by atoms with Crippen molar-refractivity contribution in [3.63, 3.8) is 0 Å². The molecular formula is C20H23BrN2O3S. The average Bonchev–Trinajstić information content (AvgIpc) is 2.89. The Kier molecular flexibility index (Phi) is 5.36. The number of nitrogens with one attached hydrogen (secondary N) is 1. The zero-order valence-corrected chi connectivity index (χ0v) is 18.2. The first-order valence-electron chi connectivity index (χ1n) is 8.85. The van der Waals surface area contributed by atoms with Crippen LogP contribution in [-0.4, -0.2) is 20.4 Å². The van der Waals surface area contributed by atoms with Crippen LogP contribution in [0.2, 0.25) is 0 Å². The predicted octanol–water partition coefficient (Wildman–Crippen LogP) is 4.67. The third-order valence-electron chi connectivity index (χ3n) is 4.77. The van der Waals surface area contributed by atoms with Crippen molar-refractivity contribution in [1.29, 1.82) is 0 Å². The maximum absolute atomic E-state index is 13.1. The molecule has 144 valence electrons. The molecule has 1 heterocycles. The maximum Gasteiger partial charge on any atom is 0.264 e. The number of hydrogen-bond acceptors (Lipinski definition) is 3. The van der Waals surface area contributed by atoms with Crippen LogP contribution in [0.1, 0.15) is 44.7 Å². The first-order valence-corrected chi connectivity index (χ1v) is 11.1. The molecule has 1 aliphatic rings. The van der Waals surface area contributed by atoms with Crippen LogP contribution in [0.25, 0.3) is 0 Å². The summed E-state index contributed by atoms with van der Waals surface area (Å²) in [6, 6.07) is 10.7. The van der Waals surface area contributed by atoms with Crippen LogP contribution >= 0.6 is 15.9 Å². The number of amides is 1. The monoisotopic (exact) mass is 450 g/mol. The number of sulfonamides is 1. The number of carbonyl (C=O) groups is 1. The van der Waals surface area contributed by atoms with Gasteiger partial charge in [-0.15, -0.1) is 0 Å². The van der Waals surface area contributed by atoms with Gasteiger partial charge in [0.1, 0.15) is 4.90 Å². The van der Waals surface area contributed by atoms with E-state index >= 15 is 0 Å². The zero-order valence-electron chi connectivity index (χ0n) is 15.8. The summed E-state index contributed by atoms with van der Waals surface area (Å²) < 4.78 is 29.6. The highest BCUT2D eigenvalue weighted by Crippen LogP contribution is 2.40. The van der Waals surface area contributed by atoms with Gasteiger partial charge in [0.2, 0.25) is 5.91 Å². The Balaban J connectivity index is 2.04.